The number of thiophene rings is 1. The van der Waals surface area contributed by atoms with Crippen LogP contribution in [0.15, 0.2) is 15.9 Å². The number of rotatable bonds is 3. The van der Waals surface area contributed by atoms with Crippen LogP contribution in [0.2, 0.25) is 0 Å². The molecule has 1 saturated carbocycles. The van der Waals surface area contributed by atoms with Crippen molar-refractivity contribution < 1.29 is 5.11 Å². The average molecular weight is 331 g/mol. The molecule has 1 N–H and O–H groups in total. The summed E-state index contributed by atoms with van der Waals surface area (Å²) in [6, 6.07) is 2.08. The van der Waals surface area contributed by atoms with Gasteiger partial charge in [-0.15, -0.1) is 11.3 Å². The first-order valence-electron chi connectivity index (χ1n) is 6.94. The second kappa shape index (κ2) is 6.06. The summed E-state index contributed by atoms with van der Waals surface area (Å²) in [6.07, 6.45) is 6.36. The molecular weight excluding hydrogens is 308 g/mol. The van der Waals surface area contributed by atoms with Crippen LogP contribution in [0, 0.1) is 11.8 Å². The molecule has 0 saturated heterocycles. The maximum absolute atomic E-state index is 10.8. The molecule has 1 aromatic heterocycles. The summed E-state index contributed by atoms with van der Waals surface area (Å²) in [7, 11) is 0. The van der Waals surface area contributed by atoms with Gasteiger partial charge in [0.25, 0.3) is 0 Å². The summed E-state index contributed by atoms with van der Waals surface area (Å²) in [5, 5.41) is 12.9. The molecule has 102 valence electrons. The monoisotopic (exact) mass is 330 g/mol. The molecule has 0 radical (unpaired) electrons. The van der Waals surface area contributed by atoms with Crippen LogP contribution in [-0.4, -0.2) is 10.7 Å². The van der Waals surface area contributed by atoms with Crippen molar-refractivity contribution >= 4 is 27.3 Å². The first kappa shape index (κ1) is 14.5. The van der Waals surface area contributed by atoms with E-state index in [4.69, 9.17) is 0 Å². The van der Waals surface area contributed by atoms with E-state index in [0.717, 1.165) is 35.6 Å². The smallest absolute Gasteiger partial charge is 0.0696 e. The van der Waals surface area contributed by atoms with Crippen molar-refractivity contribution in [3.8, 4) is 0 Å². The van der Waals surface area contributed by atoms with Crippen LogP contribution in [-0.2, 0) is 6.42 Å². The molecule has 1 fully saturated rings. The third-order valence-corrected chi connectivity index (χ3v) is 6.25. The second-order valence-electron chi connectivity index (χ2n) is 6.03. The highest BCUT2D eigenvalue weighted by Crippen LogP contribution is 2.37. The van der Waals surface area contributed by atoms with Crippen molar-refractivity contribution in [3.05, 3.63) is 20.8 Å². The second-order valence-corrected chi connectivity index (χ2v) is 7.88. The Kier molecular flexibility index (Phi) is 4.90. The van der Waals surface area contributed by atoms with E-state index in [-0.39, 0.29) is 0 Å². The van der Waals surface area contributed by atoms with Crippen LogP contribution in [0.25, 0.3) is 0 Å². The Morgan fingerprint density at radius 2 is 2.22 bits per heavy atom. The Balaban J connectivity index is 2.01. The van der Waals surface area contributed by atoms with Crippen molar-refractivity contribution in [1.29, 1.82) is 0 Å². The fraction of sp³-hybridized carbons (Fsp3) is 0.733. The maximum atomic E-state index is 10.8. The summed E-state index contributed by atoms with van der Waals surface area (Å²) in [5.74, 6) is 1.55. The van der Waals surface area contributed by atoms with Gasteiger partial charge in [0.05, 0.1) is 5.60 Å². The van der Waals surface area contributed by atoms with E-state index < -0.39 is 5.60 Å². The number of hydrogen-bond donors (Lipinski definition) is 1. The summed E-state index contributed by atoms with van der Waals surface area (Å²) in [6.45, 7) is 4.62. The minimum Gasteiger partial charge on any atom is -0.390 e. The van der Waals surface area contributed by atoms with Crippen molar-refractivity contribution in [2.75, 3.05) is 0 Å². The van der Waals surface area contributed by atoms with Crippen LogP contribution in [0.3, 0.4) is 0 Å². The predicted octanol–water partition coefficient (Wildman–Crippen LogP) is 5.02. The molecule has 18 heavy (non-hydrogen) atoms. The van der Waals surface area contributed by atoms with E-state index in [1.165, 1.54) is 24.1 Å². The van der Waals surface area contributed by atoms with E-state index in [2.05, 4.69) is 41.2 Å². The Hall–Kier alpha value is 0.140. The van der Waals surface area contributed by atoms with Gasteiger partial charge in [-0.05, 0) is 58.5 Å². The lowest BCUT2D eigenvalue weighted by Gasteiger charge is -2.27. The van der Waals surface area contributed by atoms with E-state index in [9.17, 15) is 5.11 Å². The average Bonchev–Trinajstić information content (AvgIpc) is 2.59. The van der Waals surface area contributed by atoms with Crippen LogP contribution in [0.1, 0.15) is 50.8 Å². The molecular formula is C15H23BrOS. The van der Waals surface area contributed by atoms with Crippen molar-refractivity contribution in [2.45, 2.75) is 58.0 Å². The van der Waals surface area contributed by atoms with Crippen molar-refractivity contribution in [1.82, 2.24) is 0 Å². The molecule has 1 aliphatic carbocycles. The molecule has 2 atom stereocenters. The normalized spacial score (nSPS) is 29.5. The summed E-state index contributed by atoms with van der Waals surface area (Å²) < 4.78 is 1.16. The third-order valence-electron chi connectivity index (χ3n) is 4.32. The molecule has 2 unspecified atom stereocenters. The SMILES string of the molecule is CC(C)C1CCCC(O)(Cc2sccc2Br)CC1. The minimum absolute atomic E-state index is 0.475. The molecule has 0 aliphatic heterocycles. The lowest BCUT2D eigenvalue weighted by molar-refractivity contribution is 0.0243. The molecule has 0 spiro atoms. The highest BCUT2D eigenvalue weighted by atomic mass is 79.9. The molecule has 3 heteroatoms. The zero-order valence-corrected chi connectivity index (χ0v) is 13.7. The number of halogens is 1. The molecule has 0 aromatic carbocycles. The highest BCUT2D eigenvalue weighted by molar-refractivity contribution is 9.10. The first-order valence-corrected chi connectivity index (χ1v) is 8.62. The largest absolute Gasteiger partial charge is 0.390 e. The van der Waals surface area contributed by atoms with E-state index in [1.54, 1.807) is 11.3 Å². The van der Waals surface area contributed by atoms with Gasteiger partial charge >= 0.3 is 0 Å². The molecule has 0 amide bonds. The third kappa shape index (κ3) is 3.58. The lowest BCUT2D eigenvalue weighted by Crippen LogP contribution is -2.30. The molecule has 1 aromatic rings. The van der Waals surface area contributed by atoms with Crippen LogP contribution < -0.4 is 0 Å². The zero-order valence-electron chi connectivity index (χ0n) is 11.3. The zero-order chi connectivity index (χ0) is 13.2. The van der Waals surface area contributed by atoms with Gasteiger partial charge in [0.15, 0.2) is 0 Å². The topological polar surface area (TPSA) is 20.2 Å². The van der Waals surface area contributed by atoms with Crippen LogP contribution >= 0.6 is 27.3 Å². The molecule has 2 rings (SSSR count). The van der Waals surface area contributed by atoms with Gasteiger partial charge in [-0.2, -0.15) is 0 Å². The van der Waals surface area contributed by atoms with Gasteiger partial charge in [-0.3, -0.25) is 0 Å². The van der Waals surface area contributed by atoms with Gasteiger partial charge in [-0.1, -0.05) is 26.7 Å². The van der Waals surface area contributed by atoms with Crippen LogP contribution in [0.4, 0.5) is 0 Å². The van der Waals surface area contributed by atoms with Crippen molar-refractivity contribution in [2.24, 2.45) is 11.8 Å². The Bertz CT molecular complexity index is 388. The van der Waals surface area contributed by atoms with Crippen molar-refractivity contribution in [3.63, 3.8) is 0 Å². The Morgan fingerprint density at radius 3 is 2.83 bits per heavy atom. The highest BCUT2D eigenvalue weighted by Gasteiger charge is 2.32. The van der Waals surface area contributed by atoms with Gasteiger partial charge in [0.2, 0.25) is 0 Å². The number of hydrogen-bond acceptors (Lipinski definition) is 2. The van der Waals surface area contributed by atoms with E-state index >= 15 is 0 Å². The summed E-state index contributed by atoms with van der Waals surface area (Å²) >= 11 is 5.32. The maximum Gasteiger partial charge on any atom is 0.0696 e. The summed E-state index contributed by atoms with van der Waals surface area (Å²) in [4.78, 5) is 1.29. The van der Waals surface area contributed by atoms with Gasteiger partial charge < -0.3 is 5.11 Å². The fourth-order valence-corrected chi connectivity index (χ4v) is 4.64. The standard InChI is InChI=1S/C15H23BrOS/c1-11(2)12-4-3-7-15(17,8-5-12)10-14-13(16)6-9-18-14/h6,9,11-12,17H,3-5,7-8,10H2,1-2H3. The first-order chi connectivity index (χ1) is 8.50. The minimum atomic E-state index is -0.475. The van der Waals surface area contributed by atoms with Crippen LogP contribution in [0.5, 0.6) is 0 Å². The van der Waals surface area contributed by atoms with E-state index in [1.807, 2.05) is 0 Å². The van der Waals surface area contributed by atoms with Gasteiger partial charge in [0.1, 0.15) is 0 Å². The molecule has 0 bridgehead atoms. The van der Waals surface area contributed by atoms with E-state index in [0.29, 0.717) is 0 Å². The van der Waals surface area contributed by atoms with Gasteiger partial charge in [-0.25, -0.2) is 0 Å². The molecule has 1 nitrogen and oxygen atoms in total. The number of aliphatic hydroxyl groups is 1. The fourth-order valence-electron chi connectivity index (χ4n) is 3.01. The predicted molar refractivity (Wildman–Crippen MR) is 82.1 cm³/mol. The Labute approximate surface area is 123 Å². The van der Waals surface area contributed by atoms with Gasteiger partial charge in [0, 0.05) is 15.8 Å². The summed E-state index contributed by atoms with van der Waals surface area (Å²) in [5.41, 5.74) is -0.475. The Morgan fingerprint density at radius 1 is 1.44 bits per heavy atom. The quantitative estimate of drug-likeness (QED) is 0.771. The lowest BCUT2D eigenvalue weighted by atomic mass is 9.86. The molecule has 1 heterocycles. The molecule has 1 aliphatic rings.